The van der Waals surface area contributed by atoms with Crippen LogP contribution in [0.5, 0.6) is 0 Å². The highest BCUT2D eigenvalue weighted by molar-refractivity contribution is 6.03. The van der Waals surface area contributed by atoms with Gasteiger partial charge in [0.05, 0.1) is 17.3 Å². The largest absolute Gasteiger partial charge is 0.711 e. The van der Waals surface area contributed by atoms with Crippen molar-refractivity contribution in [1.82, 2.24) is 9.97 Å². The van der Waals surface area contributed by atoms with Gasteiger partial charge in [-0.15, -0.1) is 0 Å². The summed E-state index contributed by atoms with van der Waals surface area (Å²) in [7, 11) is 0. The lowest BCUT2D eigenvalue weighted by atomic mass is 10.1. The van der Waals surface area contributed by atoms with Crippen molar-refractivity contribution in [1.29, 1.82) is 0 Å². The van der Waals surface area contributed by atoms with Crippen LogP contribution in [0.2, 0.25) is 0 Å². The standard InChI is InChI=1S/C17H15N3O3/c1-11-4-5-15-13(8-11)14(9-12(2)19-15)17(21)23-10-16-18-6-3-7-20(16)22/h3-9H,10H2,1-2H3. The molecule has 0 aliphatic rings. The number of fused-ring (bicyclic) bond motifs is 1. The Bertz CT molecular complexity index is 893. The molecule has 0 saturated carbocycles. The second kappa shape index (κ2) is 6.00. The lowest BCUT2D eigenvalue weighted by Crippen LogP contribution is -2.33. The molecule has 0 amide bonds. The van der Waals surface area contributed by atoms with Crippen LogP contribution in [0.3, 0.4) is 0 Å². The summed E-state index contributed by atoms with van der Waals surface area (Å²) in [6.07, 6.45) is 2.79. The molecule has 116 valence electrons. The summed E-state index contributed by atoms with van der Waals surface area (Å²) in [5.41, 5.74) is 2.92. The van der Waals surface area contributed by atoms with Crippen molar-refractivity contribution >= 4 is 16.9 Å². The van der Waals surface area contributed by atoms with Crippen molar-refractivity contribution < 1.29 is 14.3 Å². The summed E-state index contributed by atoms with van der Waals surface area (Å²) in [6.45, 7) is 3.58. The molecule has 2 heterocycles. The summed E-state index contributed by atoms with van der Waals surface area (Å²) in [6, 6.07) is 8.92. The zero-order chi connectivity index (χ0) is 16.4. The molecule has 2 aromatic heterocycles. The average molecular weight is 309 g/mol. The van der Waals surface area contributed by atoms with E-state index in [-0.39, 0.29) is 12.4 Å². The Labute approximate surface area is 133 Å². The van der Waals surface area contributed by atoms with Crippen LogP contribution in [0.4, 0.5) is 0 Å². The van der Waals surface area contributed by atoms with Crippen molar-refractivity contribution in [3.8, 4) is 0 Å². The summed E-state index contributed by atoms with van der Waals surface area (Å²) < 4.78 is 5.82. The Hall–Kier alpha value is -3.02. The van der Waals surface area contributed by atoms with Crippen LogP contribution in [0.1, 0.15) is 27.4 Å². The molecule has 0 N–H and O–H groups in total. The number of ether oxygens (including phenoxy) is 1. The average Bonchev–Trinajstić information content (AvgIpc) is 2.53. The first-order valence-electron chi connectivity index (χ1n) is 7.13. The van der Waals surface area contributed by atoms with Crippen molar-refractivity contribution in [3.05, 3.63) is 70.6 Å². The Balaban J connectivity index is 1.91. The number of aryl methyl sites for hydroxylation is 2. The highest BCUT2D eigenvalue weighted by Crippen LogP contribution is 2.21. The van der Waals surface area contributed by atoms with E-state index in [1.165, 1.54) is 18.5 Å². The molecule has 0 fully saturated rings. The van der Waals surface area contributed by atoms with E-state index in [1.54, 1.807) is 6.07 Å². The molecule has 0 unspecified atom stereocenters. The van der Waals surface area contributed by atoms with E-state index in [0.717, 1.165) is 22.2 Å². The number of nitrogens with zero attached hydrogens (tertiary/aromatic N) is 3. The maximum absolute atomic E-state index is 12.4. The predicted molar refractivity (Wildman–Crippen MR) is 83.5 cm³/mol. The Morgan fingerprint density at radius 3 is 2.91 bits per heavy atom. The van der Waals surface area contributed by atoms with Crippen molar-refractivity contribution in [2.45, 2.75) is 20.5 Å². The molecule has 0 saturated heterocycles. The third kappa shape index (κ3) is 3.11. The first kappa shape index (κ1) is 14.9. The topological polar surface area (TPSA) is 79.0 Å². The molecule has 6 nitrogen and oxygen atoms in total. The number of rotatable bonds is 3. The van der Waals surface area contributed by atoms with Gasteiger partial charge in [-0.1, -0.05) is 11.6 Å². The number of esters is 1. The lowest BCUT2D eigenvalue weighted by molar-refractivity contribution is -0.620. The SMILES string of the molecule is Cc1ccc2nc(C)cc(C(=O)OCc3nccc[n+]3[O-])c2c1. The molecule has 3 rings (SSSR count). The molecule has 0 aliphatic heterocycles. The highest BCUT2D eigenvalue weighted by Gasteiger charge is 2.16. The van der Waals surface area contributed by atoms with Crippen molar-refractivity contribution in [2.75, 3.05) is 0 Å². The van der Waals surface area contributed by atoms with Crippen LogP contribution in [0, 0.1) is 19.1 Å². The molecular formula is C17H15N3O3. The van der Waals surface area contributed by atoms with Gasteiger partial charge in [-0.05, 0) is 37.0 Å². The second-order valence-electron chi connectivity index (χ2n) is 5.27. The molecule has 6 heteroatoms. The Morgan fingerprint density at radius 1 is 1.30 bits per heavy atom. The van der Waals surface area contributed by atoms with Gasteiger partial charge in [-0.25, -0.2) is 9.52 Å². The van der Waals surface area contributed by atoms with Gasteiger partial charge in [0.25, 0.3) is 0 Å². The van der Waals surface area contributed by atoms with Gasteiger partial charge in [-0.3, -0.25) is 4.98 Å². The van der Waals surface area contributed by atoms with E-state index in [2.05, 4.69) is 9.97 Å². The zero-order valence-electron chi connectivity index (χ0n) is 12.8. The van der Waals surface area contributed by atoms with Gasteiger partial charge in [0.15, 0.2) is 6.61 Å². The van der Waals surface area contributed by atoms with E-state index in [4.69, 9.17) is 4.74 Å². The number of carbonyl (C=O) groups excluding carboxylic acids is 1. The van der Waals surface area contributed by atoms with Crippen LogP contribution >= 0.6 is 0 Å². The summed E-state index contributed by atoms with van der Waals surface area (Å²) in [4.78, 5) is 20.7. The quantitative estimate of drug-likeness (QED) is 0.421. The number of carbonyl (C=O) groups is 1. The van der Waals surface area contributed by atoms with E-state index in [9.17, 15) is 10.0 Å². The minimum Gasteiger partial charge on any atom is -0.711 e. The van der Waals surface area contributed by atoms with E-state index < -0.39 is 5.97 Å². The molecule has 0 atom stereocenters. The molecule has 23 heavy (non-hydrogen) atoms. The van der Waals surface area contributed by atoms with Gasteiger partial charge >= 0.3 is 11.8 Å². The first-order chi connectivity index (χ1) is 11.0. The van der Waals surface area contributed by atoms with Crippen molar-refractivity contribution in [3.63, 3.8) is 0 Å². The fourth-order valence-electron chi connectivity index (χ4n) is 2.34. The smallest absolute Gasteiger partial charge is 0.339 e. The molecule has 0 aliphatic carbocycles. The third-order valence-corrected chi connectivity index (χ3v) is 3.43. The number of aromatic nitrogens is 3. The van der Waals surface area contributed by atoms with Gasteiger partial charge in [0, 0.05) is 17.1 Å². The second-order valence-corrected chi connectivity index (χ2v) is 5.27. The monoisotopic (exact) mass is 309 g/mol. The van der Waals surface area contributed by atoms with E-state index in [0.29, 0.717) is 10.3 Å². The molecule has 0 spiro atoms. The maximum Gasteiger partial charge on any atom is 0.339 e. The van der Waals surface area contributed by atoms with Crippen LogP contribution in [-0.2, 0) is 11.3 Å². The van der Waals surface area contributed by atoms with Crippen LogP contribution in [0.25, 0.3) is 10.9 Å². The van der Waals surface area contributed by atoms with Crippen molar-refractivity contribution in [2.24, 2.45) is 0 Å². The number of benzene rings is 1. The van der Waals surface area contributed by atoms with Gasteiger partial charge in [-0.2, -0.15) is 0 Å². The number of hydrogen-bond donors (Lipinski definition) is 0. The zero-order valence-corrected chi connectivity index (χ0v) is 12.8. The Kier molecular flexibility index (Phi) is 3.89. The van der Waals surface area contributed by atoms with Crippen LogP contribution in [-0.4, -0.2) is 15.9 Å². The molecule has 0 bridgehead atoms. The normalized spacial score (nSPS) is 10.7. The van der Waals surface area contributed by atoms with E-state index >= 15 is 0 Å². The fraction of sp³-hybridized carbons (Fsp3) is 0.176. The van der Waals surface area contributed by atoms with Gasteiger partial charge in [0.2, 0.25) is 0 Å². The molecule has 0 radical (unpaired) electrons. The maximum atomic E-state index is 12.4. The molecule has 1 aromatic carbocycles. The minimum absolute atomic E-state index is 0.132. The summed E-state index contributed by atoms with van der Waals surface area (Å²) >= 11 is 0. The van der Waals surface area contributed by atoms with Crippen LogP contribution in [0.15, 0.2) is 42.7 Å². The summed E-state index contributed by atoms with van der Waals surface area (Å²) in [5, 5.41) is 12.3. The van der Waals surface area contributed by atoms with Gasteiger partial charge in [0.1, 0.15) is 6.20 Å². The van der Waals surface area contributed by atoms with E-state index in [1.807, 2.05) is 32.0 Å². The Morgan fingerprint density at radius 2 is 2.13 bits per heavy atom. The molecule has 3 aromatic rings. The minimum atomic E-state index is -0.503. The first-order valence-corrected chi connectivity index (χ1v) is 7.13. The predicted octanol–water partition coefficient (Wildman–Crippen LogP) is 2.24. The number of hydrogen-bond acceptors (Lipinski definition) is 5. The fourth-order valence-corrected chi connectivity index (χ4v) is 2.34. The van der Waals surface area contributed by atoms with Crippen LogP contribution < -0.4 is 4.73 Å². The lowest BCUT2D eigenvalue weighted by Gasteiger charge is -2.09. The molecular weight excluding hydrogens is 294 g/mol. The van der Waals surface area contributed by atoms with Gasteiger partial charge < -0.3 is 9.94 Å². The summed E-state index contributed by atoms with van der Waals surface area (Å²) in [5.74, 6) is -0.371. The number of pyridine rings is 1. The highest BCUT2D eigenvalue weighted by atomic mass is 16.5. The third-order valence-electron chi connectivity index (χ3n) is 3.43.